The molecule has 162 valence electrons. The van der Waals surface area contributed by atoms with Gasteiger partial charge in [0.25, 0.3) is 0 Å². The topological polar surface area (TPSA) is 49.4 Å². The summed E-state index contributed by atoms with van der Waals surface area (Å²) in [5.41, 5.74) is 1.83. The molecule has 0 aliphatic rings. The fraction of sp³-hybridized carbons (Fsp3) is 0.364. The van der Waals surface area contributed by atoms with E-state index in [0.29, 0.717) is 40.3 Å². The smallest absolute Gasteiger partial charge is 0.242 e. The lowest BCUT2D eigenvalue weighted by Crippen LogP contribution is -2.49. The maximum Gasteiger partial charge on any atom is 0.242 e. The number of nitrogens with zero attached hydrogens (tertiary/aromatic N) is 1. The summed E-state index contributed by atoms with van der Waals surface area (Å²) >= 11 is 19.6. The largest absolute Gasteiger partial charge is 0.355 e. The zero-order chi connectivity index (χ0) is 22.1. The normalized spacial score (nSPS) is 11.8. The van der Waals surface area contributed by atoms with Crippen molar-refractivity contribution in [1.82, 2.24) is 10.2 Å². The first-order valence-electron chi connectivity index (χ1n) is 9.69. The second-order valence-corrected chi connectivity index (χ2v) is 8.96. The SMILES string of the molecule is CCNC(=O)[C@@H](CC)N(Cc1ccc(Cl)cc1)C(=O)CSCc1ccc(Cl)cc1Cl. The van der Waals surface area contributed by atoms with Crippen LogP contribution < -0.4 is 5.32 Å². The van der Waals surface area contributed by atoms with Crippen molar-refractivity contribution in [2.45, 2.75) is 38.6 Å². The van der Waals surface area contributed by atoms with Gasteiger partial charge in [0, 0.05) is 33.9 Å². The summed E-state index contributed by atoms with van der Waals surface area (Å²) in [7, 11) is 0. The zero-order valence-electron chi connectivity index (χ0n) is 17.0. The average Bonchev–Trinajstić information content (AvgIpc) is 2.71. The van der Waals surface area contributed by atoms with Gasteiger partial charge in [-0.15, -0.1) is 11.8 Å². The molecule has 1 N–H and O–H groups in total. The number of nitrogens with one attached hydrogen (secondary N) is 1. The molecule has 2 amide bonds. The highest BCUT2D eigenvalue weighted by Crippen LogP contribution is 2.25. The third-order valence-corrected chi connectivity index (χ3v) is 6.31. The lowest BCUT2D eigenvalue weighted by atomic mass is 10.1. The van der Waals surface area contributed by atoms with Gasteiger partial charge in [0.1, 0.15) is 6.04 Å². The molecular formula is C22H25Cl3N2O2S. The van der Waals surface area contributed by atoms with Crippen LogP contribution in [0, 0.1) is 0 Å². The van der Waals surface area contributed by atoms with Gasteiger partial charge < -0.3 is 10.2 Å². The Morgan fingerprint density at radius 2 is 1.70 bits per heavy atom. The van der Waals surface area contributed by atoms with Crippen molar-refractivity contribution in [2.75, 3.05) is 12.3 Å². The molecule has 0 fully saturated rings. The number of carbonyl (C=O) groups excluding carboxylic acids is 2. The van der Waals surface area contributed by atoms with E-state index in [1.54, 1.807) is 29.2 Å². The fourth-order valence-corrected chi connectivity index (χ4v) is 4.56. The van der Waals surface area contributed by atoms with Crippen molar-refractivity contribution in [3.8, 4) is 0 Å². The molecule has 0 heterocycles. The standard InChI is InChI=1S/C22H25Cl3N2O2S/c1-3-20(22(29)26-4-2)27(12-15-5-8-17(23)9-6-15)21(28)14-30-13-16-7-10-18(24)11-19(16)25/h5-11,20H,3-4,12-14H2,1-2H3,(H,26,29)/t20-/m1/s1. The molecule has 0 saturated carbocycles. The van der Waals surface area contributed by atoms with Crippen molar-refractivity contribution in [1.29, 1.82) is 0 Å². The number of benzene rings is 2. The molecule has 4 nitrogen and oxygen atoms in total. The van der Waals surface area contributed by atoms with Crippen LogP contribution in [0.3, 0.4) is 0 Å². The third-order valence-electron chi connectivity index (χ3n) is 4.50. The number of amides is 2. The van der Waals surface area contributed by atoms with Crippen LogP contribution in [0.5, 0.6) is 0 Å². The van der Waals surface area contributed by atoms with E-state index < -0.39 is 6.04 Å². The Morgan fingerprint density at radius 1 is 1.03 bits per heavy atom. The Balaban J connectivity index is 2.11. The first-order valence-corrected chi connectivity index (χ1v) is 12.0. The Labute approximate surface area is 197 Å². The summed E-state index contributed by atoms with van der Waals surface area (Å²) in [4.78, 5) is 27.3. The molecule has 0 aliphatic carbocycles. The number of hydrogen-bond donors (Lipinski definition) is 1. The van der Waals surface area contributed by atoms with Gasteiger partial charge in [-0.3, -0.25) is 9.59 Å². The second kappa shape index (κ2) is 12.5. The van der Waals surface area contributed by atoms with Gasteiger partial charge in [0.2, 0.25) is 11.8 Å². The second-order valence-electron chi connectivity index (χ2n) is 6.70. The van der Waals surface area contributed by atoms with Crippen LogP contribution in [0.2, 0.25) is 15.1 Å². The van der Waals surface area contributed by atoms with E-state index in [9.17, 15) is 9.59 Å². The Hall–Kier alpha value is -1.40. The van der Waals surface area contributed by atoms with Crippen LogP contribution in [0.4, 0.5) is 0 Å². The van der Waals surface area contributed by atoms with E-state index in [2.05, 4.69) is 5.32 Å². The summed E-state index contributed by atoms with van der Waals surface area (Å²) in [5.74, 6) is 0.572. The molecule has 0 aromatic heterocycles. The molecule has 0 radical (unpaired) electrons. The lowest BCUT2D eigenvalue weighted by Gasteiger charge is -2.30. The predicted molar refractivity (Wildman–Crippen MR) is 127 cm³/mol. The number of thioether (sulfide) groups is 1. The van der Waals surface area contributed by atoms with E-state index in [4.69, 9.17) is 34.8 Å². The number of hydrogen-bond acceptors (Lipinski definition) is 3. The van der Waals surface area contributed by atoms with Crippen molar-refractivity contribution in [2.24, 2.45) is 0 Å². The number of likely N-dealkylation sites (N-methyl/N-ethyl adjacent to an activating group) is 1. The van der Waals surface area contributed by atoms with Crippen LogP contribution in [-0.2, 0) is 21.9 Å². The van der Waals surface area contributed by atoms with Crippen LogP contribution in [0.15, 0.2) is 42.5 Å². The van der Waals surface area contributed by atoms with Gasteiger partial charge in [-0.1, -0.05) is 59.9 Å². The van der Waals surface area contributed by atoms with Crippen molar-refractivity contribution < 1.29 is 9.59 Å². The summed E-state index contributed by atoms with van der Waals surface area (Å²) in [6, 6.07) is 12.1. The molecule has 0 bridgehead atoms. The van der Waals surface area contributed by atoms with Gasteiger partial charge >= 0.3 is 0 Å². The van der Waals surface area contributed by atoms with Crippen LogP contribution in [-0.4, -0.2) is 35.1 Å². The van der Waals surface area contributed by atoms with E-state index in [1.807, 2.05) is 32.0 Å². The van der Waals surface area contributed by atoms with E-state index in [1.165, 1.54) is 11.8 Å². The molecule has 0 unspecified atom stereocenters. The van der Waals surface area contributed by atoms with Crippen LogP contribution >= 0.6 is 46.6 Å². The highest BCUT2D eigenvalue weighted by atomic mass is 35.5. The van der Waals surface area contributed by atoms with Gasteiger partial charge in [0.15, 0.2) is 0 Å². The van der Waals surface area contributed by atoms with Crippen molar-refractivity contribution >= 4 is 58.4 Å². The molecule has 2 aromatic carbocycles. The molecule has 2 rings (SSSR count). The number of carbonyl (C=O) groups is 2. The average molecular weight is 488 g/mol. The molecule has 1 atom stereocenters. The van der Waals surface area contributed by atoms with E-state index in [0.717, 1.165) is 11.1 Å². The molecule has 0 spiro atoms. The molecule has 0 aliphatic heterocycles. The van der Waals surface area contributed by atoms with Gasteiger partial charge in [-0.05, 0) is 48.7 Å². The highest BCUT2D eigenvalue weighted by molar-refractivity contribution is 7.99. The molecule has 30 heavy (non-hydrogen) atoms. The molecule has 0 saturated heterocycles. The fourth-order valence-electron chi connectivity index (χ4n) is 2.97. The minimum atomic E-state index is -0.534. The Morgan fingerprint density at radius 3 is 2.30 bits per heavy atom. The van der Waals surface area contributed by atoms with Gasteiger partial charge in [0.05, 0.1) is 5.75 Å². The highest BCUT2D eigenvalue weighted by Gasteiger charge is 2.28. The first-order chi connectivity index (χ1) is 14.3. The Bertz CT molecular complexity index is 862. The lowest BCUT2D eigenvalue weighted by molar-refractivity contribution is -0.139. The molecule has 2 aromatic rings. The third kappa shape index (κ3) is 7.38. The number of halogens is 3. The van der Waals surface area contributed by atoms with Crippen LogP contribution in [0.1, 0.15) is 31.4 Å². The van der Waals surface area contributed by atoms with E-state index in [-0.39, 0.29) is 17.6 Å². The maximum absolute atomic E-state index is 13.1. The monoisotopic (exact) mass is 486 g/mol. The quantitative estimate of drug-likeness (QED) is 0.459. The van der Waals surface area contributed by atoms with Gasteiger partial charge in [-0.25, -0.2) is 0 Å². The Kier molecular flexibility index (Phi) is 10.3. The number of rotatable bonds is 10. The zero-order valence-corrected chi connectivity index (χ0v) is 20.0. The summed E-state index contributed by atoms with van der Waals surface area (Å²) in [6.45, 7) is 4.63. The molecule has 8 heteroatoms. The van der Waals surface area contributed by atoms with Crippen molar-refractivity contribution in [3.63, 3.8) is 0 Å². The minimum Gasteiger partial charge on any atom is -0.355 e. The summed E-state index contributed by atoms with van der Waals surface area (Å²) in [6.07, 6.45) is 0.527. The predicted octanol–water partition coefficient (Wildman–Crippen LogP) is 5.82. The molecular weight excluding hydrogens is 463 g/mol. The van der Waals surface area contributed by atoms with Gasteiger partial charge in [-0.2, -0.15) is 0 Å². The first kappa shape index (κ1) is 24.9. The van der Waals surface area contributed by atoms with E-state index >= 15 is 0 Å². The van der Waals surface area contributed by atoms with Crippen LogP contribution in [0.25, 0.3) is 0 Å². The van der Waals surface area contributed by atoms with Crippen molar-refractivity contribution in [3.05, 3.63) is 68.7 Å². The minimum absolute atomic E-state index is 0.0989. The maximum atomic E-state index is 13.1. The summed E-state index contributed by atoms with van der Waals surface area (Å²) in [5, 5.41) is 4.61. The summed E-state index contributed by atoms with van der Waals surface area (Å²) < 4.78 is 0.